The molecule has 0 unspecified atom stereocenters. The first kappa shape index (κ1) is 33.7. The number of carbonyl (C=O) groups is 3. The largest absolute Gasteiger partial charge is 0.444 e. The Kier molecular flexibility index (Phi) is 10.2. The monoisotopic (exact) mass is 631 g/mol. The number of Topliss-reactive ketones (excluding diaryl/α,β-unsaturated/α-hetero) is 1. The molecule has 1 aliphatic carbocycles. The van der Waals surface area contributed by atoms with Crippen LogP contribution in [0, 0.1) is 24.6 Å². The van der Waals surface area contributed by atoms with Crippen LogP contribution in [0.25, 0.3) is 22.0 Å². The third-order valence-electron chi connectivity index (χ3n) is 10.0. The van der Waals surface area contributed by atoms with Crippen molar-refractivity contribution < 1.29 is 23.5 Å². The van der Waals surface area contributed by atoms with Gasteiger partial charge in [-0.1, -0.05) is 43.5 Å². The first-order valence-electron chi connectivity index (χ1n) is 17.0. The maximum atomic E-state index is 14.5. The summed E-state index contributed by atoms with van der Waals surface area (Å²) >= 11 is 0. The highest BCUT2D eigenvalue weighted by Gasteiger charge is 2.40. The van der Waals surface area contributed by atoms with Gasteiger partial charge in [0.25, 0.3) is 0 Å². The van der Waals surface area contributed by atoms with E-state index in [1.807, 2.05) is 23.1 Å². The van der Waals surface area contributed by atoms with Crippen LogP contribution >= 0.6 is 0 Å². The van der Waals surface area contributed by atoms with Crippen LogP contribution in [0.4, 0.5) is 9.18 Å². The highest BCUT2D eigenvalue weighted by molar-refractivity contribution is 5.97. The minimum absolute atomic E-state index is 0.0269. The number of likely N-dealkylation sites (tertiary alicyclic amines) is 1. The van der Waals surface area contributed by atoms with E-state index >= 15 is 0 Å². The number of aryl methyl sites for hydroxylation is 1. The molecule has 46 heavy (non-hydrogen) atoms. The lowest BCUT2D eigenvalue weighted by Crippen LogP contribution is -2.47. The molecule has 2 fully saturated rings. The molecule has 1 saturated carbocycles. The minimum Gasteiger partial charge on any atom is -0.444 e. The number of nitrogens with zero attached hydrogens (tertiary/aromatic N) is 3. The van der Waals surface area contributed by atoms with Gasteiger partial charge in [0.15, 0.2) is 5.78 Å². The fraction of sp³-hybridized carbons (Fsp3) is 0.553. The van der Waals surface area contributed by atoms with Crippen molar-refractivity contribution in [3.8, 4) is 11.1 Å². The maximum absolute atomic E-state index is 14.5. The Bertz CT molecular complexity index is 1570. The Morgan fingerprint density at radius 2 is 1.72 bits per heavy atom. The second-order valence-corrected chi connectivity index (χ2v) is 14.4. The lowest BCUT2D eigenvalue weighted by Gasteiger charge is -2.35. The van der Waals surface area contributed by atoms with E-state index in [2.05, 4.69) is 29.8 Å². The van der Waals surface area contributed by atoms with Gasteiger partial charge in [0.2, 0.25) is 5.91 Å². The molecule has 2 heterocycles. The van der Waals surface area contributed by atoms with Crippen LogP contribution in [-0.4, -0.2) is 63.4 Å². The number of likely N-dealkylation sites (N-methyl/N-ethyl adjacent to an activating group) is 1. The average molecular weight is 632 g/mol. The number of halogens is 1. The third-order valence-corrected chi connectivity index (χ3v) is 10.0. The van der Waals surface area contributed by atoms with Crippen LogP contribution in [0.2, 0.25) is 0 Å². The van der Waals surface area contributed by atoms with Gasteiger partial charge in [-0.3, -0.25) is 9.59 Å². The molecule has 5 rings (SSSR count). The number of amides is 2. The van der Waals surface area contributed by atoms with E-state index in [4.69, 9.17) is 4.74 Å². The molecular weight excluding hydrogens is 581 g/mol. The lowest BCUT2D eigenvalue weighted by molar-refractivity contribution is -0.142. The van der Waals surface area contributed by atoms with Crippen LogP contribution in [0.15, 0.2) is 48.7 Å². The Morgan fingerprint density at radius 1 is 1.00 bits per heavy atom. The molecule has 2 amide bonds. The highest BCUT2D eigenvalue weighted by atomic mass is 19.1. The minimum atomic E-state index is -0.699. The quantitative estimate of drug-likeness (QED) is 0.239. The first-order chi connectivity index (χ1) is 21.8. The summed E-state index contributed by atoms with van der Waals surface area (Å²) in [6.07, 6.45) is 8.59. The van der Waals surface area contributed by atoms with Crippen molar-refractivity contribution in [1.82, 2.24) is 14.4 Å². The molecule has 3 atom stereocenters. The second-order valence-electron chi connectivity index (χ2n) is 14.4. The Morgan fingerprint density at radius 3 is 2.41 bits per heavy atom. The van der Waals surface area contributed by atoms with Crippen LogP contribution < -0.4 is 0 Å². The number of aromatic nitrogens is 1. The van der Waals surface area contributed by atoms with Crippen molar-refractivity contribution in [2.45, 2.75) is 110 Å². The van der Waals surface area contributed by atoms with Gasteiger partial charge in [0.05, 0.1) is 6.04 Å². The van der Waals surface area contributed by atoms with Gasteiger partial charge in [-0.05, 0) is 95.5 Å². The summed E-state index contributed by atoms with van der Waals surface area (Å²) in [5.74, 6) is -0.607. The fourth-order valence-corrected chi connectivity index (χ4v) is 7.35. The summed E-state index contributed by atoms with van der Waals surface area (Å²) in [6.45, 7) is 10.4. The Hall–Kier alpha value is -3.68. The predicted molar refractivity (Wildman–Crippen MR) is 180 cm³/mol. The van der Waals surface area contributed by atoms with E-state index in [1.54, 1.807) is 40.8 Å². The second kappa shape index (κ2) is 14.0. The molecular formula is C38H50FN3O4. The maximum Gasteiger partial charge on any atom is 0.410 e. The van der Waals surface area contributed by atoms with E-state index in [0.29, 0.717) is 13.1 Å². The molecule has 3 aromatic rings. The van der Waals surface area contributed by atoms with Gasteiger partial charge in [-0.15, -0.1) is 0 Å². The van der Waals surface area contributed by atoms with Crippen molar-refractivity contribution in [2.24, 2.45) is 11.8 Å². The average Bonchev–Trinajstić information content (AvgIpc) is 3.63. The fourth-order valence-electron chi connectivity index (χ4n) is 7.35. The molecule has 7 nitrogen and oxygen atoms in total. The summed E-state index contributed by atoms with van der Waals surface area (Å²) in [6, 6.07) is 12.3. The number of carbonyl (C=O) groups excluding carboxylic acids is 3. The van der Waals surface area contributed by atoms with Crippen LogP contribution in [0.3, 0.4) is 0 Å². The molecule has 1 aromatic heterocycles. The number of rotatable bonds is 9. The third kappa shape index (κ3) is 7.48. The zero-order valence-corrected chi connectivity index (χ0v) is 28.4. The smallest absolute Gasteiger partial charge is 0.410 e. The predicted octanol–water partition coefficient (Wildman–Crippen LogP) is 8.16. The summed E-state index contributed by atoms with van der Waals surface area (Å²) in [7, 11) is 1.59. The summed E-state index contributed by atoms with van der Waals surface area (Å²) < 4.78 is 22.2. The first-order valence-corrected chi connectivity index (χ1v) is 17.0. The molecule has 2 aromatic carbocycles. The molecule has 2 aliphatic rings. The van der Waals surface area contributed by atoms with Crippen molar-refractivity contribution in [2.75, 3.05) is 13.6 Å². The van der Waals surface area contributed by atoms with Crippen LogP contribution in [0.5, 0.6) is 0 Å². The molecule has 0 radical (unpaired) electrons. The Balaban J connectivity index is 1.38. The van der Waals surface area contributed by atoms with Gasteiger partial charge < -0.3 is 19.1 Å². The SMILES string of the molecule is Cc1ccccc1-c1cn(C[C@@H]2CCCN2C(=O)[C@@H](CC(=O)[C@H](C)N(C)C(=O)OC(C)(C)C)C2CCCCC2)c2ccc(F)cc12. The van der Waals surface area contributed by atoms with Crippen LogP contribution in [-0.2, 0) is 20.9 Å². The number of ketones is 1. The topological polar surface area (TPSA) is 71.9 Å². The molecule has 0 bridgehead atoms. The number of fused-ring (bicyclic) bond motifs is 1. The van der Waals surface area contributed by atoms with E-state index in [-0.39, 0.29) is 35.9 Å². The van der Waals surface area contributed by atoms with Gasteiger partial charge in [-0.25, -0.2) is 9.18 Å². The molecule has 0 spiro atoms. The molecule has 1 saturated heterocycles. The summed E-state index contributed by atoms with van der Waals surface area (Å²) in [4.78, 5) is 44.3. The Labute approximate surface area is 273 Å². The van der Waals surface area contributed by atoms with E-state index in [1.165, 1.54) is 11.0 Å². The van der Waals surface area contributed by atoms with Crippen molar-refractivity contribution in [3.63, 3.8) is 0 Å². The van der Waals surface area contributed by atoms with Crippen molar-refractivity contribution in [3.05, 3.63) is 60.0 Å². The van der Waals surface area contributed by atoms with Gasteiger partial charge in [0.1, 0.15) is 11.4 Å². The van der Waals surface area contributed by atoms with Crippen molar-refractivity contribution >= 4 is 28.7 Å². The number of ether oxygens (including phenoxy) is 1. The summed E-state index contributed by atoms with van der Waals surface area (Å²) in [5, 5.41) is 0.860. The number of hydrogen-bond acceptors (Lipinski definition) is 4. The lowest BCUT2D eigenvalue weighted by atomic mass is 9.76. The molecule has 1 aliphatic heterocycles. The van der Waals surface area contributed by atoms with Gasteiger partial charge in [-0.2, -0.15) is 0 Å². The number of benzene rings is 2. The van der Waals surface area contributed by atoms with Crippen molar-refractivity contribution in [1.29, 1.82) is 0 Å². The number of hydrogen-bond donors (Lipinski definition) is 0. The molecule has 8 heteroatoms. The zero-order chi connectivity index (χ0) is 33.2. The molecule has 0 N–H and O–H groups in total. The highest BCUT2D eigenvalue weighted by Crippen LogP contribution is 2.37. The van der Waals surface area contributed by atoms with E-state index < -0.39 is 23.7 Å². The standard InChI is InChI=1S/C38H50FN3O4/c1-25-13-10-11-17-30(25)33-24-41(34-19-18-28(39)21-32(33)34)23-29-16-12-20-42(29)36(44)31(27-14-8-7-9-15-27)22-35(43)26(2)40(6)37(45)46-38(3,4)5/h10-11,13,17-19,21,24,26-27,29,31H,7-9,12,14-16,20,22-23H2,1-6H3/t26-,29-,31-/m0/s1. The van der Waals surface area contributed by atoms with Gasteiger partial charge in [0, 0.05) is 61.2 Å². The zero-order valence-electron chi connectivity index (χ0n) is 28.4. The summed E-state index contributed by atoms with van der Waals surface area (Å²) in [5.41, 5.74) is 3.45. The van der Waals surface area contributed by atoms with E-state index in [9.17, 15) is 18.8 Å². The van der Waals surface area contributed by atoms with E-state index in [0.717, 1.165) is 72.5 Å². The molecule has 248 valence electrons. The normalized spacial score (nSPS) is 18.8. The van der Waals surface area contributed by atoms with Crippen LogP contribution in [0.1, 0.15) is 84.6 Å². The van der Waals surface area contributed by atoms with Gasteiger partial charge >= 0.3 is 6.09 Å².